The van der Waals surface area contributed by atoms with E-state index >= 15 is 0 Å². The fraction of sp³-hybridized carbons (Fsp3) is 0.429. The van der Waals surface area contributed by atoms with Gasteiger partial charge in [0.25, 0.3) is 0 Å². The van der Waals surface area contributed by atoms with E-state index in [1.54, 1.807) is 13.3 Å². The summed E-state index contributed by atoms with van der Waals surface area (Å²) in [5.41, 5.74) is 2.90. The number of carboxylic acids is 1. The van der Waals surface area contributed by atoms with Gasteiger partial charge in [-0.05, 0) is 80.1 Å². The van der Waals surface area contributed by atoms with Crippen molar-refractivity contribution in [2.24, 2.45) is 11.8 Å². The molecule has 1 aliphatic heterocycles. The van der Waals surface area contributed by atoms with Crippen molar-refractivity contribution in [1.82, 2.24) is 9.88 Å². The minimum atomic E-state index is -0.736. The maximum absolute atomic E-state index is 12.1. The summed E-state index contributed by atoms with van der Waals surface area (Å²) in [4.78, 5) is 20.0. The number of thioether (sulfide) groups is 1. The molecule has 0 aliphatic carbocycles. The molecule has 0 bridgehead atoms. The topological polar surface area (TPSA) is 82.9 Å². The molecular weight excluding hydrogens is 460 g/mol. The average Bonchev–Trinajstić information content (AvgIpc) is 2.88. The Bertz CT molecular complexity index is 1150. The number of hydrogen-bond donors (Lipinski definition) is 2. The van der Waals surface area contributed by atoms with Crippen LogP contribution < -0.4 is 4.74 Å². The lowest BCUT2D eigenvalue weighted by molar-refractivity contribution is -0.146. The molecule has 1 saturated heterocycles. The highest BCUT2D eigenvalue weighted by Gasteiger charge is 2.34. The predicted octanol–water partition coefficient (Wildman–Crippen LogP) is 5.18. The Morgan fingerprint density at radius 2 is 2.09 bits per heavy atom. The Hall–Kier alpha value is -2.61. The summed E-state index contributed by atoms with van der Waals surface area (Å²) in [5, 5.41) is 21.8. The Labute approximate surface area is 211 Å². The van der Waals surface area contributed by atoms with Gasteiger partial charge in [0.05, 0.1) is 24.6 Å². The van der Waals surface area contributed by atoms with E-state index in [4.69, 9.17) is 4.74 Å². The van der Waals surface area contributed by atoms with Crippen LogP contribution in [-0.2, 0) is 4.79 Å². The number of aryl methyl sites for hydroxylation is 1. The first-order valence-corrected chi connectivity index (χ1v) is 13.2. The zero-order chi connectivity index (χ0) is 24.8. The Morgan fingerprint density at radius 3 is 2.86 bits per heavy atom. The van der Waals surface area contributed by atoms with E-state index in [9.17, 15) is 15.0 Å². The smallest absolute Gasteiger partial charge is 0.308 e. The summed E-state index contributed by atoms with van der Waals surface area (Å²) in [7, 11) is 1.62. The Morgan fingerprint density at radius 1 is 1.26 bits per heavy atom. The third-order valence-corrected chi connectivity index (χ3v) is 8.22. The molecular formula is C28H34N2O4S. The van der Waals surface area contributed by atoms with Gasteiger partial charge in [-0.15, -0.1) is 11.8 Å². The van der Waals surface area contributed by atoms with E-state index in [2.05, 4.69) is 35.0 Å². The highest BCUT2D eigenvalue weighted by molar-refractivity contribution is 7.99. The van der Waals surface area contributed by atoms with Gasteiger partial charge in [0.15, 0.2) is 0 Å². The second-order valence-electron chi connectivity index (χ2n) is 9.28. The summed E-state index contributed by atoms with van der Waals surface area (Å²) in [6, 6.07) is 15.8. The minimum absolute atomic E-state index is 0.0602. The van der Waals surface area contributed by atoms with Crippen LogP contribution in [0.15, 0.2) is 59.6 Å². The van der Waals surface area contributed by atoms with Gasteiger partial charge >= 0.3 is 5.97 Å². The lowest BCUT2D eigenvalue weighted by Gasteiger charge is -2.37. The monoisotopic (exact) mass is 494 g/mol. The van der Waals surface area contributed by atoms with Gasteiger partial charge in [-0.2, -0.15) is 0 Å². The highest BCUT2D eigenvalue weighted by atomic mass is 32.2. The zero-order valence-electron chi connectivity index (χ0n) is 20.4. The SMILES string of the molecule is COc1ccc2nccc([C@@H](O)CC[C@@H]3CCN(CCSc4ccccc4C)C[C@@H]3C(=O)O)c2c1. The summed E-state index contributed by atoms with van der Waals surface area (Å²) in [5.74, 6) is 0.579. The van der Waals surface area contributed by atoms with Crippen LogP contribution in [0.4, 0.5) is 0 Å². The summed E-state index contributed by atoms with van der Waals surface area (Å²) < 4.78 is 5.34. The van der Waals surface area contributed by atoms with Crippen LogP contribution in [0.3, 0.4) is 0 Å². The van der Waals surface area contributed by atoms with Crippen molar-refractivity contribution in [3.8, 4) is 5.75 Å². The van der Waals surface area contributed by atoms with E-state index < -0.39 is 18.0 Å². The molecule has 35 heavy (non-hydrogen) atoms. The predicted molar refractivity (Wildman–Crippen MR) is 140 cm³/mol. The fourth-order valence-corrected chi connectivity index (χ4v) is 6.03. The molecule has 3 atom stereocenters. The van der Waals surface area contributed by atoms with Crippen molar-refractivity contribution >= 4 is 28.6 Å². The first kappa shape index (κ1) is 25.5. The first-order chi connectivity index (χ1) is 17.0. The molecule has 1 aromatic heterocycles. The van der Waals surface area contributed by atoms with Crippen LogP contribution >= 0.6 is 11.8 Å². The Kier molecular flexibility index (Phi) is 8.65. The molecule has 0 saturated carbocycles. The number of hydrogen-bond acceptors (Lipinski definition) is 6. The van der Waals surface area contributed by atoms with E-state index in [1.165, 1.54) is 10.5 Å². The number of nitrogens with zero attached hydrogens (tertiary/aromatic N) is 2. The number of aromatic nitrogens is 1. The van der Waals surface area contributed by atoms with Crippen LogP contribution in [0.1, 0.15) is 36.5 Å². The number of carboxylic acid groups (broad SMARTS) is 1. The van der Waals surface area contributed by atoms with Crippen molar-refractivity contribution in [3.05, 3.63) is 65.9 Å². The molecule has 3 aromatic rings. The van der Waals surface area contributed by atoms with Gasteiger partial charge in [-0.3, -0.25) is 9.78 Å². The molecule has 7 heteroatoms. The molecule has 186 valence electrons. The number of ether oxygens (including phenoxy) is 1. The number of likely N-dealkylation sites (tertiary alicyclic amines) is 1. The van der Waals surface area contributed by atoms with Crippen molar-refractivity contribution in [2.45, 2.75) is 37.2 Å². The molecule has 0 spiro atoms. The van der Waals surface area contributed by atoms with Gasteiger partial charge in [-0.1, -0.05) is 18.2 Å². The largest absolute Gasteiger partial charge is 0.497 e. The molecule has 2 heterocycles. The van der Waals surface area contributed by atoms with Crippen LogP contribution in [0.5, 0.6) is 5.75 Å². The maximum Gasteiger partial charge on any atom is 0.308 e. The number of carbonyl (C=O) groups is 1. The second kappa shape index (κ2) is 11.9. The van der Waals surface area contributed by atoms with Crippen molar-refractivity contribution in [2.75, 3.05) is 32.5 Å². The van der Waals surface area contributed by atoms with Gasteiger partial charge in [-0.25, -0.2) is 0 Å². The number of benzene rings is 2. The van der Waals surface area contributed by atoms with Gasteiger partial charge in [0.1, 0.15) is 5.75 Å². The normalized spacial score (nSPS) is 19.5. The lowest BCUT2D eigenvalue weighted by atomic mass is 9.81. The summed E-state index contributed by atoms with van der Waals surface area (Å²) >= 11 is 1.83. The molecule has 0 unspecified atom stereocenters. The van der Waals surface area contributed by atoms with Gasteiger partial charge < -0.3 is 19.8 Å². The quantitative estimate of drug-likeness (QED) is 0.376. The van der Waals surface area contributed by atoms with E-state index in [0.717, 1.165) is 47.5 Å². The maximum atomic E-state index is 12.1. The lowest BCUT2D eigenvalue weighted by Crippen LogP contribution is -2.44. The second-order valence-corrected chi connectivity index (χ2v) is 10.4. The zero-order valence-corrected chi connectivity index (χ0v) is 21.2. The van der Waals surface area contributed by atoms with Crippen molar-refractivity contribution in [3.63, 3.8) is 0 Å². The van der Waals surface area contributed by atoms with E-state index in [-0.39, 0.29) is 5.92 Å². The Balaban J connectivity index is 1.34. The summed E-state index contributed by atoms with van der Waals surface area (Å²) in [6.45, 7) is 4.46. The number of rotatable bonds is 10. The third kappa shape index (κ3) is 6.34. The number of aliphatic carboxylic acids is 1. The molecule has 4 rings (SSSR count). The van der Waals surface area contributed by atoms with Crippen LogP contribution in [0, 0.1) is 18.8 Å². The molecule has 2 aromatic carbocycles. The van der Waals surface area contributed by atoms with Crippen LogP contribution in [-0.4, -0.2) is 58.6 Å². The van der Waals surface area contributed by atoms with Crippen LogP contribution in [0.25, 0.3) is 10.9 Å². The standard InChI is InChI=1S/C28H34N2O4S/c1-19-5-3-4-6-27(19)35-16-15-30-14-12-20(24(18-30)28(32)33)7-10-26(31)22-11-13-29-25-9-8-21(34-2)17-23(22)25/h3-6,8-9,11,13,17,20,24,26,31H,7,10,12,14-16,18H2,1-2H3,(H,32,33)/t20-,24+,26+/m1/s1. The number of pyridine rings is 1. The van der Waals surface area contributed by atoms with Crippen LogP contribution in [0.2, 0.25) is 0 Å². The average molecular weight is 495 g/mol. The molecule has 1 aliphatic rings. The molecule has 0 amide bonds. The number of methoxy groups -OCH3 is 1. The molecule has 6 nitrogen and oxygen atoms in total. The molecule has 0 radical (unpaired) electrons. The van der Waals surface area contributed by atoms with Gasteiger partial charge in [0, 0.05) is 35.3 Å². The fourth-order valence-electron chi connectivity index (χ4n) is 4.99. The highest BCUT2D eigenvalue weighted by Crippen LogP contribution is 2.34. The van der Waals surface area contributed by atoms with E-state index in [1.807, 2.05) is 42.1 Å². The molecule has 2 N–H and O–H groups in total. The van der Waals surface area contributed by atoms with Gasteiger partial charge in [0.2, 0.25) is 0 Å². The number of aliphatic hydroxyl groups excluding tert-OH is 1. The van der Waals surface area contributed by atoms with E-state index in [0.29, 0.717) is 19.4 Å². The van der Waals surface area contributed by atoms with Crippen molar-refractivity contribution < 1.29 is 19.7 Å². The molecule has 1 fully saturated rings. The number of fused-ring (bicyclic) bond motifs is 1. The number of aliphatic hydroxyl groups is 1. The third-order valence-electron chi connectivity index (χ3n) is 7.07. The van der Waals surface area contributed by atoms with Crippen molar-refractivity contribution in [1.29, 1.82) is 0 Å². The first-order valence-electron chi connectivity index (χ1n) is 12.2. The summed E-state index contributed by atoms with van der Waals surface area (Å²) in [6.07, 6.45) is 3.07. The minimum Gasteiger partial charge on any atom is -0.497 e. The number of piperidine rings is 1.